The third kappa shape index (κ3) is 6.02. The van der Waals surface area contributed by atoms with Crippen molar-refractivity contribution in [3.05, 3.63) is 0 Å². The van der Waals surface area contributed by atoms with Gasteiger partial charge in [0.15, 0.2) is 9.84 Å². The molecule has 0 aromatic rings. The van der Waals surface area contributed by atoms with Gasteiger partial charge in [-0.05, 0) is 0 Å². The Morgan fingerprint density at radius 1 is 1.47 bits per heavy atom. The number of carboxylic acid groups (broad SMARTS) is 1. The second kappa shape index (κ2) is 5.66. The van der Waals surface area contributed by atoms with Crippen LogP contribution in [0.2, 0.25) is 0 Å². The standard InChI is InChI=1S/C7H13NO6S/c1-5(9)8-6(7(10)11)3-15(12,13)4-14-2/h6H,3-4H2,1-2H3,(H,8,9)(H,10,11). The first-order valence-corrected chi connectivity index (χ1v) is 5.80. The lowest BCUT2D eigenvalue weighted by atomic mass is 10.3. The average molecular weight is 239 g/mol. The lowest BCUT2D eigenvalue weighted by molar-refractivity contribution is -0.140. The molecule has 0 saturated carbocycles. The maximum absolute atomic E-state index is 11.2. The van der Waals surface area contributed by atoms with Gasteiger partial charge in [0.25, 0.3) is 0 Å². The van der Waals surface area contributed by atoms with Crippen LogP contribution in [-0.4, -0.2) is 50.2 Å². The van der Waals surface area contributed by atoms with Crippen molar-refractivity contribution < 1.29 is 27.9 Å². The van der Waals surface area contributed by atoms with Gasteiger partial charge in [0, 0.05) is 14.0 Å². The Morgan fingerprint density at radius 2 is 2.00 bits per heavy atom. The van der Waals surface area contributed by atoms with Crippen molar-refractivity contribution in [2.45, 2.75) is 13.0 Å². The van der Waals surface area contributed by atoms with E-state index in [0.717, 1.165) is 6.92 Å². The summed E-state index contributed by atoms with van der Waals surface area (Å²) in [7, 11) is -2.45. The number of amides is 1. The minimum absolute atomic E-state index is 0.573. The first-order chi connectivity index (χ1) is 6.78. The SMILES string of the molecule is COCS(=O)(=O)CC(NC(C)=O)C(=O)O. The molecule has 1 unspecified atom stereocenters. The van der Waals surface area contributed by atoms with Crippen LogP contribution in [0.1, 0.15) is 6.92 Å². The zero-order valence-corrected chi connectivity index (χ0v) is 9.20. The molecule has 1 amide bonds. The summed E-state index contributed by atoms with van der Waals surface area (Å²) in [4.78, 5) is 21.2. The van der Waals surface area contributed by atoms with E-state index < -0.39 is 39.4 Å². The second-order valence-electron chi connectivity index (χ2n) is 2.91. The van der Waals surface area contributed by atoms with Crippen LogP contribution in [0, 0.1) is 0 Å². The van der Waals surface area contributed by atoms with E-state index in [1.54, 1.807) is 0 Å². The van der Waals surface area contributed by atoms with Crippen molar-refractivity contribution in [3.63, 3.8) is 0 Å². The molecule has 1 atom stereocenters. The molecule has 15 heavy (non-hydrogen) atoms. The number of sulfone groups is 1. The number of ether oxygens (including phenoxy) is 1. The summed E-state index contributed by atoms with van der Waals surface area (Å²) in [5.74, 6) is -3.26. The van der Waals surface area contributed by atoms with E-state index in [9.17, 15) is 18.0 Å². The molecule has 8 heteroatoms. The summed E-state index contributed by atoms with van der Waals surface area (Å²) in [5.41, 5.74) is 0. The predicted molar refractivity (Wildman–Crippen MR) is 50.9 cm³/mol. The minimum atomic E-state index is -3.64. The number of methoxy groups -OCH3 is 1. The molecule has 0 aliphatic heterocycles. The van der Waals surface area contributed by atoms with E-state index in [1.165, 1.54) is 7.11 Å². The predicted octanol–water partition coefficient (Wildman–Crippen LogP) is -1.41. The number of carbonyl (C=O) groups is 2. The highest BCUT2D eigenvalue weighted by Crippen LogP contribution is 1.96. The molecule has 0 bridgehead atoms. The summed E-state index contributed by atoms with van der Waals surface area (Å²) < 4.78 is 26.8. The maximum atomic E-state index is 11.2. The molecule has 0 fully saturated rings. The highest BCUT2D eigenvalue weighted by molar-refractivity contribution is 7.91. The van der Waals surface area contributed by atoms with Crippen LogP contribution in [0.15, 0.2) is 0 Å². The first-order valence-electron chi connectivity index (χ1n) is 3.98. The van der Waals surface area contributed by atoms with E-state index in [1.807, 2.05) is 5.32 Å². The van der Waals surface area contributed by atoms with Crippen LogP contribution < -0.4 is 5.32 Å². The zero-order chi connectivity index (χ0) is 12.1. The summed E-state index contributed by atoms with van der Waals surface area (Å²) in [5, 5.41) is 10.7. The maximum Gasteiger partial charge on any atom is 0.327 e. The van der Waals surface area contributed by atoms with Crippen LogP contribution in [0.25, 0.3) is 0 Å². The van der Waals surface area contributed by atoms with Crippen LogP contribution in [0.4, 0.5) is 0 Å². The van der Waals surface area contributed by atoms with Gasteiger partial charge >= 0.3 is 5.97 Å². The molecule has 2 N–H and O–H groups in total. The molecule has 7 nitrogen and oxygen atoms in total. The smallest absolute Gasteiger partial charge is 0.327 e. The summed E-state index contributed by atoms with van der Waals surface area (Å²) >= 11 is 0. The Labute approximate surface area is 87.3 Å². The quantitative estimate of drug-likeness (QED) is 0.589. The van der Waals surface area contributed by atoms with Crippen LogP contribution in [-0.2, 0) is 24.2 Å². The van der Waals surface area contributed by atoms with Gasteiger partial charge in [0.1, 0.15) is 12.0 Å². The van der Waals surface area contributed by atoms with Gasteiger partial charge in [-0.3, -0.25) is 4.79 Å². The number of hydrogen-bond donors (Lipinski definition) is 2. The van der Waals surface area contributed by atoms with Crippen LogP contribution in [0.3, 0.4) is 0 Å². The molecule has 0 aromatic heterocycles. The van der Waals surface area contributed by atoms with Gasteiger partial charge in [-0.1, -0.05) is 0 Å². The van der Waals surface area contributed by atoms with Gasteiger partial charge in [-0.25, -0.2) is 13.2 Å². The lowest BCUT2D eigenvalue weighted by Crippen LogP contribution is -2.44. The second-order valence-corrected chi connectivity index (χ2v) is 4.96. The Morgan fingerprint density at radius 3 is 2.33 bits per heavy atom. The van der Waals surface area contributed by atoms with Crippen molar-refractivity contribution >= 4 is 21.7 Å². The number of nitrogens with one attached hydrogen (secondary N) is 1. The Kier molecular flexibility index (Phi) is 5.23. The molecule has 0 radical (unpaired) electrons. The van der Waals surface area contributed by atoms with Crippen LogP contribution >= 0.6 is 0 Å². The Hall–Kier alpha value is -1.15. The van der Waals surface area contributed by atoms with Gasteiger partial charge in [-0.15, -0.1) is 0 Å². The van der Waals surface area contributed by atoms with Crippen molar-refractivity contribution in [2.24, 2.45) is 0 Å². The summed E-state index contributed by atoms with van der Waals surface area (Å²) in [6.07, 6.45) is 0. The number of carbonyl (C=O) groups excluding carboxylic acids is 1. The lowest BCUT2D eigenvalue weighted by Gasteiger charge is -2.12. The van der Waals surface area contributed by atoms with Crippen molar-refractivity contribution in [1.82, 2.24) is 5.32 Å². The first kappa shape index (κ1) is 13.8. The molecule has 0 saturated heterocycles. The number of rotatable bonds is 6. The number of hydrogen-bond acceptors (Lipinski definition) is 5. The Bertz CT molecular complexity index is 335. The van der Waals surface area contributed by atoms with Gasteiger partial charge < -0.3 is 15.2 Å². The van der Waals surface area contributed by atoms with E-state index >= 15 is 0 Å². The molecular formula is C7H13NO6S. The molecule has 0 rings (SSSR count). The van der Waals surface area contributed by atoms with E-state index in [-0.39, 0.29) is 0 Å². The normalized spacial score (nSPS) is 13.2. The molecule has 0 aromatic carbocycles. The zero-order valence-electron chi connectivity index (χ0n) is 8.39. The van der Waals surface area contributed by atoms with E-state index in [2.05, 4.69) is 4.74 Å². The largest absolute Gasteiger partial charge is 0.480 e. The molecular weight excluding hydrogens is 226 g/mol. The summed E-state index contributed by atoms with van der Waals surface area (Å²) in [6.45, 7) is 1.11. The van der Waals surface area contributed by atoms with Gasteiger partial charge in [0.2, 0.25) is 5.91 Å². The van der Waals surface area contributed by atoms with E-state index in [4.69, 9.17) is 5.11 Å². The number of carboxylic acids is 1. The van der Waals surface area contributed by atoms with Crippen molar-refractivity contribution in [3.8, 4) is 0 Å². The fourth-order valence-corrected chi connectivity index (χ4v) is 2.09. The number of aliphatic carboxylic acids is 1. The fraction of sp³-hybridized carbons (Fsp3) is 0.714. The average Bonchev–Trinajstić information content (AvgIpc) is 2.00. The molecule has 0 aliphatic rings. The third-order valence-electron chi connectivity index (χ3n) is 1.39. The van der Waals surface area contributed by atoms with E-state index in [0.29, 0.717) is 0 Å². The fourth-order valence-electron chi connectivity index (χ4n) is 0.902. The Balaban J connectivity index is 4.55. The highest BCUT2D eigenvalue weighted by atomic mass is 32.2. The molecule has 0 spiro atoms. The topological polar surface area (TPSA) is 110 Å². The minimum Gasteiger partial charge on any atom is -0.480 e. The monoisotopic (exact) mass is 239 g/mol. The van der Waals surface area contributed by atoms with Crippen molar-refractivity contribution in [1.29, 1.82) is 0 Å². The van der Waals surface area contributed by atoms with Gasteiger partial charge in [-0.2, -0.15) is 0 Å². The summed E-state index contributed by atoms with van der Waals surface area (Å²) in [6, 6.07) is -1.44. The molecule has 88 valence electrons. The third-order valence-corrected chi connectivity index (χ3v) is 2.83. The molecule has 0 heterocycles. The van der Waals surface area contributed by atoms with Crippen molar-refractivity contribution in [2.75, 3.05) is 18.8 Å². The molecule has 0 aliphatic carbocycles. The van der Waals surface area contributed by atoms with Crippen LogP contribution in [0.5, 0.6) is 0 Å². The van der Waals surface area contributed by atoms with Gasteiger partial charge in [0.05, 0.1) is 5.75 Å². The highest BCUT2D eigenvalue weighted by Gasteiger charge is 2.25.